The van der Waals surface area contributed by atoms with Gasteiger partial charge >= 0.3 is 0 Å². The minimum atomic E-state index is 0.360. The van der Waals surface area contributed by atoms with E-state index in [2.05, 4.69) is 10.2 Å². The number of rotatable bonds is 6. The molecule has 0 spiro atoms. The van der Waals surface area contributed by atoms with Crippen LogP contribution in [-0.2, 0) is 4.74 Å². The number of nitrogens with two attached hydrogens (primary N) is 1. The zero-order valence-corrected chi connectivity index (χ0v) is 12.2. The summed E-state index contributed by atoms with van der Waals surface area (Å²) < 4.78 is 5.04. The first kappa shape index (κ1) is 14.8. The Morgan fingerprint density at radius 3 is 2.61 bits per heavy atom. The molecule has 0 aromatic carbocycles. The van der Waals surface area contributed by atoms with E-state index in [4.69, 9.17) is 22.7 Å². The lowest BCUT2D eigenvalue weighted by Crippen LogP contribution is -2.26. The van der Waals surface area contributed by atoms with Crippen molar-refractivity contribution in [3.05, 3.63) is 16.8 Å². The zero-order chi connectivity index (χ0) is 13.7. The minimum absolute atomic E-state index is 0.360. The van der Waals surface area contributed by atoms with Crippen molar-refractivity contribution < 1.29 is 4.74 Å². The molecule has 0 bridgehead atoms. The van der Waals surface area contributed by atoms with E-state index in [1.807, 2.05) is 25.8 Å². The van der Waals surface area contributed by atoms with Gasteiger partial charge in [0.1, 0.15) is 4.99 Å². The fourth-order valence-corrected chi connectivity index (χ4v) is 1.95. The van der Waals surface area contributed by atoms with E-state index in [1.54, 1.807) is 7.11 Å². The summed E-state index contributed by atoms with van der Waals surface area (Å²) in [4.78, 5) is 2.37. The van der Waals surface area contributed by atoms with Crippen molar-refractivity contribution in [2.45, 2.75) is 20.3 Å². The first-order chi connectivity index (χ1) is 8.49. The Balaban J connectivity index is 3.01. The topological polar surface area (TPSA) is 64.3 Å². The van der Waals surface area contributed by atoms with Crippen LogP contribution in [0.2, 0.25) is 0 Å². The second-order valence-electron chi connectivity index (χ2n) is 4.24. The first-order valence-electron chi connectivity index (χ1n) is 5.82. The molecule has 0 saturated heterocycles. The van der Waals surface area contributed by atoms with Crippen molar-refractivity contribution in [1.29, 1.82) is 0 Å². The number of thiocarbonyl (C=S) groups is 1. The number of hydrogen-bond acceptors (Lipinski definition) is 5. The summed E-state index contributed by atoms with van der Waals surface area (Å²) in [6.45, 7) is 5.40. The van der Waals surface area contributed by atoms with Crippen LogP contribution in [0, 0.1) is 13.8 Å². The third kappa shape index (κ3) is 3.36. The van der Waals surface area contributed by atoms with Gasteiger partial charge in [-0.2, -0.15) is 5.10 Å². The van der Waals surface area contributed by atoms with Crippen LogP contribution < -0.4 is 10.6 Å². The maximum absolute atomic E-state index is 5.79. The Labute approximate surface area is 113 Å². The van der Waals surface area contributed by atoms with Crippen molar-refractivity contribution in [2.24, 2.45) is 5.73 Å². The molecular weight excluding hydrogens is 248 g/mol. The number of nitrogens with zero attached hydrogens (tertiary/aromatic N) is 3. The summed E-state index contributed by atoms with van der Waals surface area (Å²) in [6.07, 6.45) is 0.915. The molecule has 0 unspecified atom stereocenters. The van der Waals surface area contributed by atoms with Gasteiger partial charge in [-0.15, -0.1) is 5.10 Å². The lowest BCUT2D eigenvalue weighted by Gasteiger charge is -2.21. The van der Waals surface area contributed by atoms with E-state index in [0.29, 0.717) is 11.6 Å². The first-order valence-corrected chi connectivity index (χ1v) is 6.23. The SMILES string of the molecule is COCCCN(C)c1nnc(C)c(C)c1C(N)=S. The van der Waals surface area contributed by atoms with Crippen LogP contribution in [0.25, 0.3) is 0 Å². The number of hydrogen-bond donors (Lipinski definition) is 1. The molecule has 1 rings (SSSR count). The fraction of sp³-hybridized carbons (Fsp3) is 0.583. The van der Waals surface area contributed by atoms with Gasteiger partial charge in [0.05, 0.1) is 11.3 Å². The second kappa shape index (κ2) is 6.61. The van der Waals surface area contributed by atoms with E-state index in [0.717, 1.165) is 35.6 Å². The molecule has 0 aliphatic heterocycles. The zero-order valence-electron chi connectivity index (χ0n) is 11.4. The Morgan fingerprint density at radius 1 is 1.39 bits per heavy atom. The van der Waals surface area contributed by atoms with Crippen molar-refractivity contribution >= 4 is 23.0 Å². The molecule has 0 atom stereocenters. The molecule has 1 aromatic rings. The third-order valence-corrected chi connectivity index (χ3v) is 3.09. The number of methoxy groups -OCH3 is 1. The second-order valence-corrected chi connectivity index (χ2v) is 4.68. The van der Waals surface area contributed by atoms with Crippen LogP contribution in [0.4, 0.5) is 5.82 Å². The molecule has 5 nitrogen and oxygen atoms in total. The van der Waals surface area contributed by atoms with E-state index in [1.165, 1.54) is 0 Å². The molecule has 2 N–H and O–H groups in total. The van der Waals surface area contributed by atoms with E-state index in [-0.39, 0.29) is 0 Å². The Hall–Kier alpha value is -1.27. The lowest BCUT2D eigenvalue weighted by atomic mass is 10.1. The van der Waals surface area contributed by atoms with E-state index >= 15 is 0 Å². The largest absolute Gasteiger partial charge is 0.389 e. The average molecular weight is 268 g/mol. The van der Waals surface area contributed by atoms with Gasteiger partial charge in [0.15, 0.2) is 5.82 Å². The van der Waals surface area contributed by atoms with Crippen LogP contribution in [-0.4, -0.2) is 42.5 Å². The minimum Gasteiger partial charge on any atom is -0.389 e. The van der Waals surface area contributed by atoms with Crippen molar-refractivity contribution in [2.75, 3.05) is 32.2 Å². The molecule has 0 amide bonds. The van der Waals surface area contributed by atoms with Gasteiger partial charge in [0.25, 0.3) is 0 Å². The highest BCUT2D eigenvalue weighted by atomic mass is 32.1. The van der Waals surface area contributed by atoms with Gasteiger partial charge < -0.3 is 15.4 Å². The van der Waals surface area contributed by atoms with Gasteiger partial charge in [-0.25, -0.2) is 0 Å². The molecule has 0 radical (unpaired) electrons. The lowest BCUT2D eigenvalue weighted by molar-refractivity contribution is 0.196. The highest BCUT2D eigenvalue weighted by Gasteiger charge is 2.16. The van der Waals surface area contributed by atoms with Crippen LogP contribution >= 0.6 is 12.2 Å². The van der Waals surface area contributed by atoms with Gasteiger partial charge in [-0.05, 0) is 25.8 Å². The molecule has 0 aliphatic carbocycles. The number of anilines is 1. The summed E-state index contributed by atoms with van der Waals surface area (Å²) in [7, 11) is 3.65. The van der Waals surface area contributed by atoms with Crippen molar-refractivity contribution in [3.63, 3.8) is 0 Å². The number of ether oxygens (including phenoxy) is 1. The van der Waals surface area contributed by atoms with Crippen LogP contribution in [0.5, 0.6) is 0 Å². The van der Waals surface area contributed by atoms with Crippen LogP contribution in [0.3, 0.4) is 0 Å². The van der Waals surface area contributed by atoms with Gasteiger partial charge in [-0.1, -0.05) is 12.2 Å². The van der Waals surface area contributed by atoms with E-state index in [9.17, 15) is 0 Å². The monoisotopic (exact) mass is 268 g/mol. The summed E-state index contributed by atoms with van der Waals surface area (Å²) in [5, 5.41) is 8.34. The maximum atomic E-state index is 5.79. The molecule has 1 heterocycles. The molecular formula is C12H20N4OS. The normalized spacial score (nSPS) is 10.4. The molecule has 6 heteroatoms. The molecule has 0 saturated carbocycles. The Bertz CT molecular complexity index is 436. The molecule has 0 fully saturated rings. The molecule has 100 valence electrons. The number of aromatic nitrogens is 2. The van der Waals surface area contributed by atoms with Crippen LogP contribution in [0.15, 0.2) is 0 Å². The predicted octanol–water partition coefficient (Wildman–Crippen LogP) is 1.20. The Morgan fingerprint density at radius 2 is 2.06 bits per heavy atom. The Kier molecular flexibility index (Phi) is 5.43. The van der Waals surface area contributed by atoms with E-state index < -0.39 is 0 Å². The van der Waals surface area contributed by atoms with Crippen molar-refractivity contribution in [3.8, 4) is 0 Å². The van der Waals surface area contributed by atoms with Crippen molar-refractivity contribution in [1.82, 2.24) is 10.2 Å². The van der Waals surface area contributed by atoms with Gasteiger partial charge in [0, 0.05) is 27.3 Å². The third-order valence-electron chi connectivity index (χ3n) is 2.89. The maximum Gasteiger partial charge on any atom is 0.161 e. The fourth-order valence-electron chi connectivity index (χ4n) is 1.71. The molecule has 1 aromatic heterocycles. The standard InChI is InChI=1S/C12H20N4OS/c1-8-9(2)14-15-12(10(8)11(13)18)16(3)6-5-7-17-4/h5-7H2,1-4H3,(H2,13,18). The average Bonchev–Trinajstić information content (AvgIpc) is 2.32. The van der Waals surface area contributed by atoms with Gasteiger partial charge in [-0.3, -0.25) is 0 Å². The summed E-state index contributed by atoms with van der Waals surface area (Å²) >= 11 is 5.11. The molecule has 18 heavy (non-hydrogen) atoms. The molecule has 0 aliphatic rings. The van der Waals surface area contributed by atoms with Gasteiger partial charge in [0.2, 0.25) is 0 Å². The smallest absolute Gasteiger partial charge is 0.161 e. The number of aryl methyl sites for hydroxylation is 1. The summed E-state index contributed by atoms with van der Waals surface area (Å²) in [5.74, 6) is 0.738. The predicted molar refractivity (Wildman–Crippen MR) is 77.2 cm³/mol. The highest BCUT2D eigenvalue weighted by Crippen LogP contribution is 2.21. The summed E-state index contributed by atoms with van der Waals surface area (Å²) in [6, 6.07) is 0. The summed E-state index contributed by atoms with van der Waals surface area (Å²) in [5.41, 5.74) is 8.45. The highest BCUT2D eigenvalue weighted by molar-refractivity contribution is 7.80. The quantitative estimate of drug-likeness (QED) is 0.618. The van der Waals surface area contributed by atoms with Crippen LogP contribution in [0.1, 0.15) is 23.2 Å².